The molecule has 0 atom stereocenters. The molecule has 0 bridgehead atoms. The van der Waals surface area contributed by atoms with Crippen molar-refractivity contribution in [1.29, 1.82) is 0 Å². The summed E-state index contributed by atoms with van der Waals surface area (Å²) in [5.41, 5.74) is 7.53. The van der Waals surface area contributed by atoms with E-state index in [1.807, 2.05) is 19.1 Å². The monoisotopic (exact) mass is 334 g/mol. The standard InChI is InChI=1S/C19H18N4O2/c1-3-5-14(6-4-2)25-15-9-7-13(8-10-15)23-17-16(22-19(23)24)11-12-21-18(17)20/h3-12H,1H2,2H3,(H2,20,21)(H,22,24)/b6-4-,14-5+. The molecule has 6 nitrogen and oxygen atoms in total. The number of imidazole rings is 1. The van der Waals surface area contributed by atoms with Crippen LogP contribution < -0.4 is 16.2 Å². The van der Waals surface area contributed by atoms with Gasteiger partial charge in [-0.3, -0.25) is 4.57 Å². The van der Waals surface area contributed by atoms with E-state index in [4.69, 9.17) is 10.5 Å². The van der Waals surface area contributed by atoms with Gasteiger partial charge in [0.1, 0.15) is 22.8 Å². The van der Waals surface area contributed by atoms with E-state index in [2.05, 4.69) is 16.5 Å². The minimum Gasteiger partial charge on any atom is -0.457 e. The second-order valence-electron chi connectivity index (χ2n) is 5.26. The maximum absolute atomic E-state index is 12.3. The first kappa shape index (κ1) is 16.3. The Morgan fingerprint density at radius 2 is 2.08 bits per heavy atom. The van der Waals surface area contributed by atoms with Gasteiger partial charge in [-0.2, -0.15) is 0 Å². The lowest BCUT2D eigenvalue weighted by Crippen LogP contribution is -2.15. The van der Waals surface area contributed by atoms with Crippen LogP contribution in [-0.2, 0) is 0 Å². The number of fused-ring (bicyclic) bond motifs is 1. The predicted octanol–water partition coefficient (Wildman–Crippen LogP) is 3.32. The van der Waals surface area contributed by atoms with Gasteiger partial charge in [0.2, 0.25) is 0 Å². The molecule has 126 valence electrons. The summed E-state index contributed by atoms with van der Waals surface area (Å²) >= 11 is 0. The molecule has 3 rings (SSSR count). The Hall–Kier alpha value is -3.54. The minimum absolute atomic E-state index is 0.274. The molecule has 2 aromatic heterocycles. The molecule has 0 saturated carbocycles. The van der Waals surface area contributed by atoms with Crippen molar-refractivity contribution in [1.82, 2.24) is 14.5 Å². The average Bonchev–Trinajstić information content (AvgIpc) is 2.93. The summed E-state index contributed by atoms with van der Waals surface area (Å²) in [5.74, 6) is 1.61. The number of nitrogen functional groups attached to an aromatic ring is 1. The second-order valence-corrected chi connectivity index (χ2v) is 5.26. The lowest BCUT2D eigenvalue weighted by atomic mass is 10.3. The maximum Gasteiger partial charge on any atom is 0.331 e. The Bertz CT molecular complexity index is 1020. The molecule has 0 fully saturated rings. The van der Waals surface area contributed by atoms with Gasteiger partial charge in [0.05, 0.1) is 11.2 Å². The van der Waals surface area contributed by atoms with Gasteiger partial charge >= 0.3 is 5.69 Å². The highest BCUT2D eigenvalue weighted by Gasteiger charge is 2.12. The molecule has 0 aliphatic rings. The molecule has 1 aromatic carbocycles. The van der Waals surface area contributed by atoms with Gasteiger partial charge in [0.25, 0.3) is 0 Å². The number of hydrogen-bond acceptors (Lipinski definition) is 4. The highest BCUT2D eigenvalue weighted by molar-refractivity contribution is 5.86. The molecule has 0 aliphatic carbocycles. The van der Waals surface area contributed by atoms with Crippen LogP contribution in [-0.4, -0.2) is 14.5 Å². The molecule has 0 aliphatic heterocycles. The molecule has 0 amide bonds. The Balaban J connectivity index is 1.99. The number of hydrogen-bond donors (Lipinski definition) is 2. The molecule has 3 aromatic rings. The molecule has 0 saturated heterocycles. The zero-order chi connectivity index (χ0) is 17.8. The first-order chi connectivity index (χ1) is 12.1. The van der Waals surface area contributed by atoms with Crippen LogP contribution in [0.2, 0.25) is 0 Å². The van der Waals surface area contributed by atoms with Crippen molar-refractivity contribution in [2.45, 2.75) is 6.92 Å². The first-order valence-corrected chi connectivity index (χ1v) is 7.73. The third-order valence-corrected chi connectivity index (χ3v) is 3.56. The lowest BCUT2D eigenvalue weighted by Gasteiger charge is -2.08. The number of aromatic amines is 1. The lowest BCUT2D eigenvalue weighted by molar-refractivity contribution is 0.444. The average molecular weight is 334 g/mol. The number of ether oxygens (including phenoxy) is 1. The molecule has 25 heavy (non-hydrogen) atoms. The Morgan fingerprint density at radius 3 is 2.76 bits per heavy atom. The largest absolute Gasteiger partial charge is 0.457 e. The number of aromatic nitrogens is 3. The molecule has 0 unspecified atom stereocenters. The van der Waals surface area contributed by atoms with Gasteiger partial charge in [0.15, 0.2) is 0 Å². The fourth-order valence-electron chi connectivity index (χ4n) is 2.53. The fraction of sp³-hybridized carbons (Fsp3) is 0.0526. The van der Waals surface area contributed by atoms with Crippen LogP contribution in [0.5, 0.6) is 5.75 Å². The highest BCUT2D eigenvalue weighted by atomic mass is 16.5. The van der Waals surface area contributed by atoms with E-state index in [-0.39, 0.29) is 5.69 Å². The number of nitrogens with one attached hydrogen (secondary N) is 1. The van der Waals surface area contributed by atoms with Crippen molar-refractivity contribution in [2.75, 3.05) is 5.73 Å². The van der Waals surface area contributed by atoms with Crippen molar-refractivity contribution in [3.8, 4) is 11.4 Å². The second kappa shape index (κ2) is 6.92. The van der Waals surface area contributed by atoms with E-state index >= 15 is 0 Å². The van der Waals surface area contributed by atoms with Crippen LogP contribution in [0.25, 0.3) is 16.7 Å². The molecular formula is C19H18N4O2. The molecule has 0 spiro atoms. The summed E-state index contributed by atoms with van der Waals surface area (Å²) in [6.07, 6.45) is 8.70. The van der Waals surface area contributed by atoms with E-state index in [1.54, 1.807) is 48.7 Å². The van der Waals surface area contributed by atoms with Gasteiger partial charge in [0, 0.05) is 6.20 Å². The van der Waals surface area contributed by atoms with Crippen molar-refractivity contribution >= 4 is 16.9 Å². The van der Waals surface area contributed by atoms with Crippen molar-refractivity contribution in [3.63, 3.8) is 0 Å². The predicted molar refractivity (Wildman–Crippen MR) is 99.8 cm³/mol. The number of H-pyrrole nitrogens is 1. The molecule has 6 heteroatoms. The Labute approximate surface area is 144 Å². The number of anilines is 1. The smallest absolute Gasteiger partial charge is 0.331 e. The third kappa shape index (κ3) is 3.23. The summed E-state index contributed by atoms with van der Waals surface area (Å²) in [6, 6.07) is 8.86. The van der Waals surface area contributed by atoms with Crippen molar-refractivity contribution in [3.05, 3.63) is 83.7 Å². The summed E-state index contributed by atoms with van der Waals surface area (Å²) < 4.78 is 7.27. The number of nitrogens with zero attached hydrogens (tertiary/aromatic N) is 2. The van der Waals surface area contributed by atoms with Gasteiger partial charge in [-0.05, 0) is 49.4 Å². The highest BCUT2D eigenvalue weighted by Crippen LogP contribution is 2.22. The van der Waals surface area contributed by atoms with Crippen LogP contribution in [0, 0.1) is 0 Å². The van der Waals surface area contributed by atoms with Crippen LogP contribution in [0.15, 0.2) is 78.0 Å². The topological polar surface area (TPSA) is 85.9 Å². The van der Waals surface area contributed by atoms with Crippen LogP contribution in [0.1, 0.15) is 6.92 Å². The van der Waals surface area contributed by atoms with Crippen molar-refractivity contribution < 1.29 is 4.74 Å². The van der Waals surface area contributed by atoms with E-state index in [9.17, 15) is 4.79 Å². The molecule has 0 radical (unpaired) electrons. The number of pyridine rings is 1. The SMILES string of the molecule is C=C/C=C(\C=C/C)Oc1ccc(-n2c(=O)[nH]c3ccnc(N)c32)cc1. The van der Waals surface area contributed by atoms with E-state index in [0.29, 0.717) is 34.0 Å². The third-order valence-electron chi connectivity index (χ3n) is 3.56. The van der Waals surface area contributed by atoms with Crippen LogP contribution in [0.3, 0.4) is 0 Å². The van der Waals surface area contributed by atoms with E-state index in [1.165, 1.54) is 4.57 Å². The molecular weight excluding hydrogens is 316 g/mol. The van der Waals surface area contributed by atoms with E-state index in [0.717, 1.165) is 0 Å². The summed E-state index contributed by atoms with van der Waals surface area (Å²) in [4.78, 5) is 19.1. The number of allylic oxidation sites excluding steroid dienone is 4. The van der Waals surface area contributed by atoms with Gasteiger partial charge in [-0.15, -0.1) is 0 Å². The number of benzene rings is 1. The quantitative estimate of drug-likeness (QED) is 0.553. The summed E-state index contributed by atoms with van der Waals surface area (Å²) in [7, 11) is 0. The number of rotatable bonds is 5. The fourth-order valence-corrected chi connectivity index (χ4v) is 2.53. The summed E-state index contributed by atoms with van der Waals surface area (Å²) in [6.45, 7) is 5.58. The molecule has 3 N–H and O–H groups in total. The maximum atomic E-state index is 12.3. The summed E-state index contributed by atoms with van der Waals surface area (Å²) in [5, 5.41) is 0. The zero-order valence-electron chi connectivity index (χ0n) is 13.8. The van der Waals surface area contributed by atoms with Crippen molar-refractivity contribution in [2.24, 2.45) is 0 Å². The molecule has 2 heterocycles. The van der Waals surface area contributed by atoms with Crippen LogP contribution >= 0.6 is 0 Å². The zero-order valence-corrected chi connectivity index (χ0v) is 13.8. The Morgan fingerprint density at radius 1 is 1.32 bits per heavy atom. The normalized spacial score (nSPS) is 12.0. The Kier molecular flexibility index (Phi) is 4.52. The first-order valence-electron chi connectivity index (χ1n) is 7.73. The van der Waals surface area contributed by atoms with Gasteiger partial charge < -0.3 is 15.5 Å². The van der Waals surface area contributed by atoms with E-state index < -0.39 is 0 Å². The van der Waals surface area contributed by atoms with Gasteiger partial charge in [-0.1, -0.05) is 18.7 Å². The minimum atomic E-state index is -0.274. The van der Waals surface area contributed by atoms with Crippen LogP contribution in [0.4, 0.5) is 5.82 Å². The number of nitrogens with two attached hydrogens (primary N) is 1. The van der Waals surface area contributed by atoms with Gasteiger partial charge in [-0.25, -0.2) is 9.78 Å².